The molecule has 2 N–H and O–H groups in total. The van der Waals surface area contributed by atoms with Crippen LogP contribution < -0.4 is 20.1 Å². The van der Waals surface area contributed by atoms with E-state index in [0.29, 0.717) is 18.0 Å². The maximum absolute atomic E-state index is 12.3. The lowest BCUT2D eigenvalue weighted by Gasteiger charge is -2.22. The summed E-state index contributed by atoms with van der Waals surface area (Å²) in [6.45, 7) is -0.297. The first-order valence-corrected chi connectivity index (χ1v) is 7.72. The second-order valence-corrected chi connectivity index (χ2v) is 5.50. The van der Waals surface area contributed by atoms with Gasteiger partial charge in [0.05, 0.1) is 7.11 Å². The van der Waals surface area contributed by atoms with Gasteiger partial charge in [-0.1, -0.05) is 0 Å². The van der Waals surface area contributed by atoms with Crippen molar-refractivity contribution in [1.29, 1.82) is 0 Å². The van der Waals surface area contributed by atoms with Gasteiger partial charge in [0.25, 0.3) is 5.91 Å². The van der Waals surface area contributed by atoms with Crippen molar-refractivity contribution in [2.24, 2.45) is 5.92 Å². The highest BCUT2D eigenvalue weighted by molar-refractivity contribution is 5.94. The van der Waals surface area contributed by atoms with E-state index in [-0.39, 0.29) is 29.8 Å². The number of hydrogen-bond acceptors (Lipinski definition) is 4. The standard InChI is InChI=1S/C16H22F2N2O3.ClH/c1-22-14-9-12(4-5-13(14)23-16(17)18)15(21)20-8-6-11-3-2-7-19-10-11;/h4-5,9,11,16,19H,2-3,6-8,10H2,1H3,(H,20,21);1H. The minimum absolute atomic E-state index is 0. The molecule has 24 heavy (non-hydrogen) atoms. The second kappa shape index (κ2) is 10.3. The zero-order valence-electron chi connectivity index (χ0n) is 13.5. The normalized spacial score (nSPS) is 17.1. The Morgan fingerprint density at radius 1 is 1.42 bits per heavy atom. The molecule has 0 bridgehead atoms. The first-order chi connectivity index (χ1) is 11.1. The molecule has 1 aromatic rings. The van der Waals surface area contributed by atoms with Crippen molar-refractivity contribution in [3.05, 3.63) is 23.8 Å². The molecule has 1 aliphatic rings. The number of hydrogen-bond donors (Lipinski definition) is 2. The quantitative estimate of drug-likeness (QED) is 0.781. The summed E-state index contributed by atoms with van der Waals surface area (Å²) in [5.74, 6) is 0.345. The van der Waals surface area contributed by atoms with Crippen LogP contribution in [0.3, 0.4) is 0 Å². The first kappa shape index (κ1) is 20.4. The molecule has 2 rings (SSSR count). The molecule has 1 aliphatic heterocycles. The molecule has 5 nitrogen and oxygen atoms in total. The predicted octanol–water partition coefficient (Wildman–Crippen LogP) is 2.84. The van der Waals surface area contributed by atoms with Gasteiger partial charge >= 0.3 is 6.61 Å². The molecule has 0 aromatic heterocycles. The van der Waals surface area contributed by atoms with Crippen LogP contribution in [0.2, 0.25) is 0 Å². The number of piperidine rings is 1. The van der Waals surface area contributed by atoms with Crippen LogP contribution in [-0.2, 0) is 0 Å². The molecule has 1 saturated heterocycles. The van der Waals surface area contributed by atoms with Crippen molar-refractivity contribution >= 4 is 18.3 Å². The lowest BCUT2D eigenvalue weighted by molar-refractivity contribution is -0.0512. The van der Waals surface area contributed by atoms with Crippen molar-refractivity contribution < 1.29 is 23.0 Å². The number of ether oxygens (including phenoxy) is 2. The number of carbonyl (C=O) groups excluding carboxylic acids is 1. The summed E-state index contributed by atoms with van der Waals surface area (Å²) in [5, 5.41) is 6.18. The molecule has 1 atom stereocenters. The second-order valence-electron chi connectivity index (χ2n) is 5.50. The number of amides is 1. The summed E-state index contributed by atoms with van der Waals surface area (Å²) in [4.78, 5) is 12.1. The molecule has 0 aliphatic carbocycles. The third kappa shape index (κ3) is 6.13. The topological polar surface area (TPSA) is 59.6 Å². The summed E-state index contributed by atoms with van der Waals surface area (Å²) in [6.07, 6.45) is 3.26. The number of halogens is 3. The van der Waals surface area contributed by atoms with Crippen LogP contribution >= 0.6 is 12.4 Å². The van der Waals surface area contributed by atoms with Crippen LogP contribution in [0.1, 0.15) is 29.6 Å². The predicted molar refractivity (Wildman–Crippen MR) is 89.4 cm³/mol. The van der Waals surface area contributed by atoms with Gasteiger partial charge in [-0.3, -0.25) is 4.79 Å². The first-order valence-electron chi connectivity index (χ1n) is 7.72. The Morgan fingerprint density at radius 3 is 2.83 bits per heavy atom. The zero-order valence-corrected chi connectivity index (χ0v) is 14.3. The van der Waals surface area contributed by atoms with E-state index in [9.17, 15) is 13.6 Å². The molecule has 1 amide bonds. The Kier molecular flexibility index (Phi) is 8.78. The van der Waals surface area contributed by atoms with Crippen LogP contribution in [0, 0.1) is 5.92 Å². The van der Waals surface area contributed by atoms with Crippen molar-refractivity contribution in [2.45, 2.75) is 25.9 Å². The Labute approximate surface area is 146 Å². The van der Waals surface area contributed by atoms with Crippen LogP contribution in [-0.4, -0.2) is 39.3 Å². The monoisotopic (exact) mass is 364 g/mol. The SMILES string of the molecule is COc1cc(C(=O)NCCC2CCCNC2)ccc1OC(F)F.Cl. The Bertz CT molecular complexity index is 526. The number of rotatable bonds is 7. The van der Waals surface area contributed by atoms with Gasteiger partial charge in [-0.15, -0.1) is 12.4 Å². The van der Waals surface area contributed by atoms with Crippen molar-refractivity contribution in [3.63, 3.8) is 0 Å². The average Bonchev–Trinajstić information content (AvgIpc) is 2.55. The van der Waals surface area contributed by atoms with Crippen molar-refractivity contribution in [1.82, 2.24) is 10.6 Å². The maximum atomic E-state index is 12.3. The Morgan fingerprint density at radius 2 is 2.21 bits per heavy atom. The van der Waals surface area contributed by atoms with Crippen LogP contribution in [0.4, 0.5) is 8.78 Å². The minimum Gasteiger partial charge on any atom is -0.493 e. The highest BCUT2D eigenvalue weighted by Crippen LogP contribution is 2.29. The highest BCUT2D eigenvalue weighted by atomic mass is 35.5. The molecule has 1 unspecified atom stereocenters. The molecule has 8 heteroatoms. The molecule has 1 aromatic carbocycles. The van der Waals surface area contributed by atoms with Gasteiger partial charge in [-0.25, -0.2) is 0 Å². The van der Waals surface area contributed by atoms with E-state index in [0.717, 1.165) is 19.5 Å². The van der Waals surface area contributed by atoms with E-state index >= 15 is 0 Å². The Balaban J connectivity index is 0.00000288. The molecule has 136 valence electrons. The van der Waals surface area contributed by atoms with Gasteiger partial charge in [0.15, 0.2) is 11.5 Å². The fraction of sp³-hybridized carbons (Fsp3) is 0.562. The molecular formula is C16H23ClF2N2O3. The minimum atomic E-state index is -2.94. The van der Waals surface area contributed by atoms with Crippen molar-refractivity contribution in [3.8, 4) is 11.5 Å². The summed E-state index contributed by atoms with van der Waals surface area (Å²) in [6, 6.07) is 4.15. The average molecular weight is 365 g/mol. The van der Waals surface area contributed by atoms with Crippen molar-refractivity contribution in [2.75, 3.05) is 26.7 Å². The Hall–Kier alpha value is -1.60. The van der Waals surface area contributed by atoms with Gasteiger partial charge < -0.3 is 20.1 Å². The molecule has 1 heterocycles. The third-order valence-corrected chi connectivity index (χ3v) is 3.88. The van der Waals surface area contributed by atoms with Crippen LogP contribution in [0.5, 0.6) is 11.5 Å². The lowest BCUT2D eigenvalue weighted by Crippen LogP contribution is -2.33. The number of methoxy groups -OCH3 is 1. The molecular weight excluding hydrogens is 342 g/mol. The number of nitrogens with one attached hydrogen (secondary N) is 2. The van der Waals surface area contributed by atoms with E-state index in [4.69, 9.17) is 4.74 Å². The van der Waals surface area contributed by atoms with Gasteiger partial charge in [0, 0.05) is 12.1 Å². The smallest absolute Gasteiger partial charge is 0.387 e. The third-order valence-electron chi connectivity index (χ3n) is 3.88. The summed E-state index contributed by atoms with van der Waals surface area (Å²) in [5.41, 5.74) is 0.352. The molecule has 0 saturated carbocycles. The summed E-state index contributed by atoms with van der Waals surface area (Å²) < 4.78 is 33.9. The molecule has 1 fully saturated rings. The van der Waals surface area contributed by atoms with Gasteiger partial charge in [0.2, 0.25) is 0 Å². The van der Waals surface area contributed by atoms with Crippen LogP contribution in [0.15, 0.2) is 18.2 Å². The van der Waals surface area contributed by atoms with E-state index in [1.54, 1.807) is 0 Å². The lowest BCUT2D eigenvalue weighted by atomic mass is 9.96. The summed E-state index contributed by atoms with van der Waals surface area (Å²) in [7, 11) is 1.34. The van der Waals surface area contributed by atoms with Crippen LogP contribution in [0.25, 0.3) is 0 Å². The fourth-order valence-corrected chi connectivity index (χ4v) is 2.66. The van der Waals surface area contributed by atoms with E-state index < -0.39 is 6.61 Å². The van der Waals surface area contributed by atoms with E-state index in [1.165, 1.54) is 38.2 Å². The van der Waals surface area contributed by atoms with E-state index in [1.807, 2.05) is 0 Å². The highest BCUT2D eigenvalue weighted by Gasteiger charge is 2.15. The van der Waals surface area contributed by atoms with Gasteiger partial charge in [0.1, 0.15) is 0 Å². The number of alkyl halides is 2. The van der Waals surface area contributed by atoms with Gasteiger partial charge in [-0.05, 0) is 56.5 Å². The molecule has 0 radical (unpaired) electrons. The van der Waals surface area contributed by atoms with E-state index in [2.05, 4.69) is 15.4 Å². The largest absolute Gasteiger partial charge is 0.493 e. The fourth-order valence-electron chi connectivity index (χ4n) is 2.66. The zero-order chi connectivity index (χ0) is 16.7. The maximum Gasteiger partial charge on any atom is 0.387 e. The van der Waals surface area contributed by atoms with Gasteiger partial charge in [-0.2, -0.15) is 8.78 Å². The number of carbonyl (C=O) groups is 1. The summed E-state index contributed by atoms with van der Waals surface area (Å²) >= 11 is 0. The number of benzene rings is 1. The molecule has 0 spiro atoms.